The summed E-state index contributed by atoms with van der Waals surface area (Å²) in [5, 5.41) is 2.47. The summed E-state index contributed by atoms with van der Waals surface area (Å²) in [4.78, 5) is 24.4. The zero-order valence-corrected chi connectivity index (χ0v) is 16.8. The number of para-hydroxylation sites is 1. The van der Waals surface area contributed by atoms with E-state index in [0.29, 0.717) is 24.1 Å². The number of carbonyl (C=O) groups is 2. The first-order chi connectivity index (χ1) is 14.5. The third kappa shape index (κ3) is 6.70. The van der Waals surface area contributed by atoms with Gasteiger partial charge < -0.3 is 19.5 Å². The van der Waals surface area contributed by atoms with E-state index in [-0.39, 0.29) is 22.3 Å². The molecule has 1 atom stereocenters. The first-order valence-electron chi connectivity index (χ1n) is 9.36. The maximum atomic E-state index is 12.6. The summed E-state index contributed by atoms with van der Waals surface area (Å²) < 4.78 is 41.3. The van der Waals surface area contributed by atoms with Crippen molar-refractivity contribution in [2.45, 2.75) is 29.6 Å². The summed E-state index contributed by atoms with van der Waals surface area (Å²) in [6, 6.07) is 12.5. The number of nitrogens with one attached hydrogen (secondary N) is 1. The van der Waals surface area contributed by atoms with E-state index in [1.807, 2.05) is 0 Å². The second kappa shape index (κ2) is 10.9. The standard InChI is InChI=1S/C21H21F2NO5S/c22-21(23)30-18-6-2-1-5-17(18)24-19(25)13-29-20(26)14-7-9-15(10-8-14)28-12-16-4-3-11-27-16/h1-2,5-10,16,21H,3-4,11-13H2,(H,24,25)/t16-/m0/s1. The Morgan fingerprint density at radius 1 is 1.17 bits per heavy atom. The molecule has 6 nitrogen and oxygen atoms in total. The van der Waals surface area contributed by atoms with Crippen molar-refractivity contribution in [3.8, 4) is 5.75 Å². The van der Waals surface area contributed by atoms with E-state index in [9.17, 15) is 18.4 Å². The summed E-state index contributed by atoms with van der Waals surface area (Å²) in [6.07, 6.45) is 2.10. The summed E-state index contributed by atoms with van der Waals surface area (Å²) in [7, 11) is 0. The topological polar surface area (TPSA) is 73.9 Å². The Morgan fingerprint density at radius 3 is 2.63 bits per heavy atom. The van der Waals surface area contributed by atoms with Gasteiger partial charge in [-0.2, -0.15) is 8.78 Å². The van der Waals surface area contributed by atoms with Crippen LogP contribution in [-0.4, -0.2) is 43.6 Å². The molecular weight excluding hydrogens is 416 g/mol. The third-order valence-electron chi connectivity index (χ3n) is 4.26. The molecule has 1 amide bonds. The number of ether oxygens (including phenoxy) is 3. The molecule has 3 rings (SSSR count). The van der Waals surface area contributed by atoms with Crippen LogP contribution in [0, 0.1) is 0 Å². The molecule has 0 aromatic heterocycles. The van der Waals surface area contributed by atoms with E-state index < -0.39 is 24.2 Å². The number of amides is 1. The maximum Gasteiger partial charge on any atom is 0.338 e. The van der Waals surface area contributed by atoms with Gasteiger partial charge in [-0.3, -0.25) is 4.79 Å². The van der Waals surface area contributed by atoms with Crippen LogP contribution in [0.2, 0.25) is 0 Å². The SMILES string of the molecule is O=C(COC(=O)c1ccc(OC[C@@H]2CCCO2)cc1)Nc1ccccc1SC(F)F. The van der Waals surface area contributed by atoms with Gasteiger partial charge in [0.1, 0.15) is 12.4 Å². The van der Waals surface area contributed by atoms with Crippen LogP contribution in [0.3, 0.4) is 0 Å². The minimum atomic E-state index is -2.61. The zero-order chi connectivity index (χ0) is 21.3. The van der Waals surface area contributed by atoms with Crippen molar-refractivity contribution in [3.05, 3.63) is 54.1 Å². The fourth-order valence-corrected chi connectivity index (χ4v) is 3.42. The number of hydrogen-bond acceptors (Lipinski definition) is 6. The molecule has 1 fully saturated rings. The van der Waals surface area contributed by atoms with E-state index in [1.165, 1.54) is 12.1 Å². The molecule has 0 aliphatic carbocycles. The molecule has 0 spiro atoms. The molecule has 30 heavy (non-hydrogen) atoms. The average Bonchev–Trinajstić information content (AvgIpc) is 3.26. The van der Waals surface area contributed by atoms with Crippen LogP contribution in [0.25, 0.3) is 0 Å². The number of alkyl halides is 2. The second-order valence-corrected chi connectivity index (χ2v) is 7.50. The van der Waals surface area contributed by atoms with E-state index in [4.69, 9.17) is 14.2 Å². The predicted octanol–water partition coefficient (Wildman–Crippen LogP) is 4.35. The minimum Gasteiger partial charge on any atom is -0.491 e. The number of esters is 1. The van der Waals surface area contributed by atoms with Crippen molar-refractivity contribution < 1.29 is 32.6 Å². The highest BCUT2D eigenvalue weighted by molar-refractivity contribution is 7.99. The Morgan fingerprint density at radius 2 is 1.93 bits per heavy atom. The number of benzene rings is 2. The Kier molecular flexibility index (Phi) is 8.04. The summed E-state index contributed by atoms with van der Waals surface area (Å²) in [5.41, 5.74) is 0.498. The van der Waals surface area contributed by atoms with E-state index in [0.717, 1.165) is 19.4 Å². The lowest BCUT2D eigenvalue weighted by molar-refractivity contribution is -0.119. The average molecular weight is 437 g/mol. The highest BCUT2D eigenvalue weighted by Gasteiger charge is 2.17. The number of hydrogen-bond donors (Lipinski definition) is 1. The molecular formula is C21H21F2NO5S. The van der Waals surface area contributed by atoms with Crippen LogP contribution in [-0.2, 0) is 14.3 Å². The van der Waals surface area contributed by atoms with Gasteiger partial charge in [-0.1, -0.05) is 23.9 Å². The van der Waals surface area contributed by atoms with Crippen molar-refractivity contribution in [3.63, 3.8) is 0 Å². The molecule has 0 saturated carbocycles. The number of thioether (sulfide) groups is 1. The highest BCUT2D eigenvalue weighted by Crippen LogP contribution is 2.31. The van der Waals surface area contributed by atoms with Gasteiger partial charge in [0.05, 0.1) is 17.4 Å². The first kappa shape index (κ1) is 22.0. The van der Waals surface area contributed by atoms with Crippen LogP contribution in [0.1, 0.15) is 23.2 Å². The molecule has 9 heteroatoms. The molecule has 0 radical (unpaired) electrons. The minimum absolute atomic E-state index is 0.0948. The summed E-state index contributed by atoms with van der Waals surface area (Å²) >= 11 is 0.326. The molecule has 160 valence electrons. The molecule has 0 bridgehead atoms. The monoisotopic (exact) mass is 437 g/mol. The fraction of sp³-hybridized carbons (Fsp3) is 0.333. The van der Waals surface area contributed by atoms with Gasteiger partial charge >= 0.3 is 5.97 Å². The van der Waals surface area contributed by atoms with Gasteiger partial charge in [0, 0.05) is 11.5 Å². The predicted molar refractivity (Wildman–Crippen MR) is 108 cm³/mol. The third-order valence-corrected chi connectivity index (χ3v) is 5.05. The van der Waals surface area contributed by atoms with Crippen LogP contribution in [0.4, 0.5) is 14.5 Å². The van der Waals surface area contributed by atoms with E-state index >= 15 is 0 Å². The van der Waals surface area contributed by atoms with Crippen molar-refractivity contribution in [1.29, 1.82) is 0 Å². The smallest absolute Gasteiger partial charge is 0.338 e. The van der Waals surface area contributed by atoms with Gasteiger partial charge in [-0.15, -0.1) is 0 Å². The maximum absolute atomic E-state index is 12.6. The summed E-state index contributed by atoms with van der Waals surface area (Å²) in [6.45, 7) is 0.669. The molecule has 2 aromatic carbocycles. The van der Waals surface area contributed by atoms with Crippen molar-refractivity contribution in [2.24, 2.45) is 0 Å². The van der Waals surface area contributed by atoms with Gasteiger partial charge in [-0.25, -0.2) is 4.79 Å². The Hall–Kier alpha value is -2.65. The molecule has 1 N–H and O–H groups in total. The van der Waals surface area contributed by atoms with Gasteiger partial charge in [0.25, 0.3) is 11.7 Å². The van der Waals surface area contributed by atoms with Gasteiger partial charge in [0.15, 0.2) is 6.61 Å². The Bertz CT molecular complexity index is 857. The van der Waals surface area contributed by atoms with E-state index in [1.54, 1.807) is 36.4 Å². The Labute approximate surface area is 176 Å². The molecule has 1 aliphatic heterocycles. The Balaban J connectivity index is 1.46. The fourth-order valence-electron chi connectivity index (χ4n) is 2.82. The van der Waals surface area contributed by atoms with Gasteiger partial charge in [-0.05, 0) is 49.2 Å². The molecule has 1 aliphatic rings. The van der Waals surface area contributed by atoms with Crippen molar-refractivity contribution in [2.75, 3.05) is 25.1 Å². The zero-order valence-electron chi connectivity index (χ0n) is 16.0. The lowest BCUT2D eigenvalue weighted by atomic mass is 10.2. The largest absolute Gasteiger partial charge is 0.491 e. The highest BCUT2D eigenvalue weighted by atomic mass is 32.2. The van der Waals surface area contributed by atoms with Crippen LogP contribution in [0.5, 0.6) is 5.75 Å². The normalized spacial score (nSPS) is 15.8. The lowest BCUT2D eigenvalue weighted by Gasteiger charge is -2.12. The number of anilines is 1. The number of halogens is 2. The van der Waals surface area contributed by atoms with Crippen LogP contribution < -0.4 is 10.1 Å². The van der Waals surface area contributed by atoms with Crippen LogP contribution >= 0.6 is 11.8 Å². The molecule has 1 heterocycles. The van der Waals surface area contributed by atoms with Crippen LogP contribution in [0.15, 0.2) is 53.4 Å². The van der Waals surface area contributed by atoms with Crippen molar-refractivity contribution in [1.82, 2.24) is 0 Å². The quantitative estimate of drug-likeness (QED) is 0.464. The van der Waals surface area contributed by atoms with Gasteiger partial charge in [0.2, 0.25) is 0 Å². The number of carbonyl (C=O) groups excluding carboxylic acids is 2. The summed E-state index contributed by atoms with van der Waals surface area (Å²) in [5.74, 6) is -3.31. The number of rotatable bonds is 9. The second-order valence-electron chi connectivity index (χ2n) is 6.47. The molecule has 0 unspecified atom stereocenters. The van der Waals surface area contributed by atoms with E-state index in [2.05, 4.69) is 5.32 Å². The first-order valence-corrected chi connectivity index (χ1v) is 10.2. The van der Waals surface area contributed by atoms with Crippen molar-refractivity contribution >= 4 is 29.3 Å². The molecule has 1 saturated heterocycles. The molecule has 2 aromatic rings. The lowest BCUT2D eigenvalue weighted by Crippen LogP contribution is -2.21.